The Morgan fingerprint density at radius 1 is 1.06 bits per heavy atom. The first-order valence-electron chi connectivity index (χ1n) is 9.62. The Kier molecular flexibility index (Phi) is 7.10. The van der Waals surface area contributed by atoms with E-state index in [4.69, 9.17) is 4.74 Å². The number of benzene rings is 2. The Morgan fingerprint density at radius 3 is 2.48 bits per heavy atom. The van der Waals surface area contributed by atoms with Crippen molar-refractivity contribution in [3.8, 4) is 0 Å². The fraction of sp³-hybridized carbons (Fsp3) is 0.227. The summed E-state index contributed by atoms with van der Waals surface area (Å²) >= 11 is 0. The van der Waals surface area contributed by atoms with Crippen molar-refractivity contribution in [1.82, 2.24) is 19.9 Å². The van der Waals surface area contributed by atoms with Crippen molar-refractivity contribution < 1.29 is 19.1 Å². The van der Waals surface area contributed by atoms with E-state index in [2.05, 4.69) is 15.6 Å². The van der Waals surface area contributed by atoms with Crippen molar-refractivity contribution in [3.63, 3.8) is 0 Å². The second-order valence-electron chi connectivity index (χ2n) is 7.03. The van der Waals surface area contributed by atoms with Gasteiger partial charge in [0.25, 0.3) is 5.91 Å². The molecule has 1 N–H and O–H groups in total. The molecule has 0 aliphatic carbocycles. The third kappa shape index (κ3) is 6.49. The normalized spacial score (nSPS) is 10.4. The molecule has 3 rings (SSSR count). The molecular weight excluding hydrogens is 398 g/mol. The van der Waals surface area contributed by atoms with Crippen LogP contribution in [-0.2, 0) is 20.9 Å². The number of amides is 2. The number of esters is 1. The van der Waals surface area contributed by atoms with E-state index < -0.39 is 18.5 Å². The average Bonchev–Trinajstić information content (AvgIpc) is 3.22. The van der Waals surface area contributed by atoms with Crippen LogP contribution in [0.5, 0.6) is 0 Å². The maximum absolute atomic E-state index is 12.2. The van der Waals surface area contributed by atoms with Crippen LogP contribution < -0.4 is 5.32 Å². The van der Waals surface area contributed by atoms with Crippen LogP contribution >= 0.6 is 0 Å². The molecule has 0 saturated carbocycles. The highest BCUT2D eigenvalue weighted by Gasteiger charge is 2.18. The van der Waals surface area contributed by atoms with Gasteiger partial charge in [-0.05, 0) is 24.6 Å². The maximum Gasteiger partial charge on any atom is 0.361 e. The number of hydrogen-bond donors (Lipinski definition) is 1. The molecule has 0 atom stereocenters. The zero-order valence-electron chi connectivity index (χ0n) is 17.3. The van der Waals surface area contributed by atoms with Crippen LogP contribution in [0.2, 0.25) is 0 Å². The molecule has 3 aromatic rings. The minimum absolute atomic E-state index is 0.00324. The van der Waals surface area contributed by atoms with E-state index in [0.29, 0.717) is 12.2 Å². The molecule has 0 fully saturated rings. The van der Waals surface area contributed by atoms with Crippen molar-refractivity contribution in [3.05, 3.63) is 77.6 Å². The molecule has 0 bridgehead atoms. The quantitative estimate of drug-likeness (QED) is 0.557. The summed E-state index contributed by atoms with van der Waals surface area (Å²) in [6.45, 7) is 1.73. The SMILES string of the molecule is Cc1ccc(NC(=O)CN(C)C(=O)COC(=O)c2cn(Cc3ccccc3)nn2)cc1. The summed E-state index contributed by atoms with van der Waals surface area (Å²) < 4.78 is 6.52. The van der Waals surface area contributed by atoms with Gasteiger partial charge in [0.2, 0.25) is 5.91 Å². The highest BCUT2D eigenvalue weighted by Crippen LogP contribution is 2.08. The summed E-state index contributed by atoms with van der Waals surface area (Å²) in [6, 6.07) is 16.9. The van der Waals surface area contributed by atoms with Gasteiger partial charge in [-0.1, -0.05) is 53.2 Å². The number of rotatable bonds is 8. The molecule has 160 valence electrons. The molecule has 0 aliphatic heterocycles. The number of nitrogens with zero attached hydrogens (tertiary/aromatic N) is 4. The third-order valence-electron chi connectivity index (χ3n) is 4.40. The first kappa shape index (κ1) is 21.7. The lowest BCUT2D eigenvalue weighted by Crippen LogP contribution is -2.37. The standard InChI is InChI=1S/C22H23N5O4/c1-16-8-10-18(11-9-16)23-20(28)14-26(2)21(29)15-31-22(30)19-13-27(25-24-19)12-17-6-4-3-5-7-17/h3-11,13H,12,14-15H2,1-2H3,(H,23,28). The van der Waals surface area contributed by atoms with Gasteiger partial charge in [0.1, 0.15) is 0 Å². The van der Waals surface area contributed by atoms with E-state index >= 15 is 0 Å². The van der Waals surface area contributed by atoms with E-state index in [1.807, 2.05) is 49.4 Å². The molecule has 0 aliphatic rings. The summed E-state index contributed by atoms with van der Waals surface area (Å²) in [5.74, 6) is -1.62. The van der Waals surface area contributed by atoms with Crippen molar-refractivity contribution in [2.75, 3.05) is 25.5 Å². The van der Waals surface area contributed by atoms with Crippen LogP contribution in [0.1, 0.15) is 21.6 Å². The lowest BCUT2D eigenvalue weighted by molar-refractivity contribution is -0.136. The molecule has 2 amide bonds. The molecule has 0 radical (unpaired) electrons. The van der Waals surface area contributed by atoms with E-state index in [9.17, 15) is 14.4 Å². The highest BCUT2D eigenvalue weighted by molar-refractivity contribution is 5.95. The Hall–Kier alpha value is -4.01. The molecule has 9 nitrogen and oxygen atoms in total. The number of aryl methyl sites for hydroxylation is 1. The third-order valence-corrected chi connectivity index (χ3v) is 4.40. The summed E-state index contributed by atoms with van der Waals surface area (Å²) in [7, 11) is 1.46. The lowest BCUT2D eigenvalue weighted by Gasteiger charge is -2.16. The van der Waals surface area contributed by atoms with Crippen LogP contribution in [0.15, 0.2) is 60.8 Å². The van der Waals surface area contributed by atoms with Crippen molar-refractivity contribution >= 4 is 23.5 Å². The van der Waals surface area contributed by atoms with E-state index in [-0.39, 0.29) is 18.1 Å². The Balaban J connectivity index is 1.44. The fourth-order valence-electron chi connectivity index (χ4n) is 2.69. The van der Waals surface area contributed by atoms with Crippen LogP contribution in [0, 0.1) is 6.92 Å². The van der Waals surface area contributed by atoms with Gasteiger partial charge in [-0.15, -0.1) is 5.10 Å². The van der Waals surface area contributed by atoms with Gasteiger partial charge < -0.3 is 15.0 Å². The first-order chi connectivity index (χ1) is 14.9. The molecule has 0 spiro atoms. The Morgan fingerprint density at radius 2 is 1.77 bits per heavy atom. The fourth-order valence-corrected chi connectivity index (χ4v) is 2.69. The highest BCUT2D eigenvalue weighted by atomic mass is 16.5. The van der Waals surface area contributed by atoms with E-state index in [1.165, 1.54) is 22.8 Å². The second-order valence-corrected chi connectivity index (χ2v) is 7.03. The summed E-state index contributed by atoms with van der Waals surface area (Å²) in [5, 5.41) is 10.4. The van der Waals surface area contributed by atoms with Crippen LogP contribution in [0.3, 0.4) is 0 Å². The molecule has 31 heavy (non-hydrogen) atoms. The smallest absolute Gasteiger partial charge is 0.361 e. The van der Waals surface area contributed by atoms with Gasteiger partial charge in [0.05, 0.1) is 19.3 Å². The Labute approximate surface area is 179 Å². The van der Waals surface area contributed by atoms with Gasteiger partial charge in [-0.2, -0.15) is 0 Å². The molecule has 9 heteroatoms. The van der Waals surface area contributed by atoms with Crippen molar-refractivity contribution in [2.24, 2.45) is 0 Å². The predicted octanol–water partition coefficient (Wildman–Crippen LogP) is 1.89. The van der Waals surface area contributed by atoms with Crippen LogP contribution in [0.25, 0.3) is 0 Å². The topological polar surface area (TPSA) is 106 Å². The van der Waals surface area contributed by atoms with Gasteiger partial charge in [-0.25, -0.2) is 9.48 Å². The van der Waals surface area contributed by atoms with Crippen LogP contribution in [-0.4, -0.2) is 57.9 Å². The summed E-state index contributed by atoms with van der Waals surface area (Å²) in [4.78, 5) is 37.6. The number of carbonyl (C=O) groups excluding carboxylic acids is 3. The molecular formula is C22H23N5O4. The van der Waals surface area contributed by atoms with Gasteiger partial charge in [0, 0.05) is 12.7 Å². The summed E-state index contributed by atoms with van der Waals surface area (Å²) in [6.07, 6.45) is 1.46. The van der Waals surface area contributed by atoms with Crippen LogP contribution in [0.4, 0.5) is 5.69 Å². The zero-order chi connectivity index (χ0) is 22.2. The number of nitrogens with one attached hydrogen (secondary N) is 1. The predicted molar refractivity (Wildman–Crippen MR) is 113 cm³/mol. The molecule has 1 heterocycles. The number of ether oxygens (including phenoxy) is 1. The minimum atomic E-state index is -0.759. The second kappa shape index (κ2) is 10.1. The van der Waals surface area contributed by atoms with Gasteiger partial charge in [-0.3, -0.25) is 9.59 Å². The average molecular weight is 421 g/mol. The molecule has 0 saturated heterocycles. The van der Waals surface area contributed by atoms with Gasteiger partial charge in [0.15, 0.2) is 12.3 Å². The van der Waals surface area contributed by atoms with E-state index in [0.717, 1.165) is 11.1 Å². The first-order valence-corrected chi connectivity index (χ1v) is 9.62. The number of anilines is 1. The number of aromatic nitrogens is 3. The Bertz CT molecular complexity index is 1050. The molecule has 1 aromatic heterocycles. The largest absolute Gasteiger partial charge is 0.451 e. The zero-order valence-corrected chi connectivity index (χ0v) is 17.3. The minimum Gasteiger partial charge on any atom is -0.451 e. The molecule has 2 aromatic carbocycles. The number of likely N-dealkylation sites (N-methyl/N-ethyl adjacent to an activating group) is 1. The monoisotopic (exact) mass is 421 g/mol. The number of carbonyl (C=O) groups is 3. The molecule has 0 unspecified atom stereocenters. The van der Waals surface area contributed by atoms with Crippen molar-refractivity contribution in [2.45, 2.75) is 13.5 Å². The lowest BCUT2D eigenvalue weighted by atomic mass is 10.2. The number of hydrogen-bond acceptors (Lipinski definition) is 6. The maximum atomic E-state index is 12.2. The summed E-state index contributed by atoms with van der Waals surface area (Å²) in [5.41, 5.74) is 2.73. The van der Waals surface area contributed by atoms with Gasteiger partial charge >= 0.3 is 5.97 Å². The van der Waals surface area contributed by atoms with Crippen molar-refractivity contribution in [1.29, 1.82) is 0 Å². The van der Waals surface area contributed by atoms with E-state index in [1.54, 1.807) is 12.1 Å².